The van der Waals surface area contributed by atoms with Crippen LogP contribution in [0.4, 0.5) is 15.8 Å². The lowest BCUT2D eigenvalue weighted by atomic mass is 10.1. The molecular weight excluding hydrogens is 409 g/mol. The van der Waals surface area contributed by atoms with Crippen LogP contribution in [0, 0.1) is 19.7 Å². The number of nitrogens with one attached hydrogen (secondary N) is 2. The summed E-state index contributed by atoms with van der Waals surface area (Å²) in [5.41, 5.74) is 3.38. The molecule has 2 unspecified atom stereocenters. The van der Waals surface area contributed by atoms with Crippen molar-refractivity contribution in [3.05, 3.63) is 59.5 Å². The highest BCUT2D eigenvalue weighted by atomic mass is 19.1. The summed E-state index contributed by atoms with van der Waals surface area (Å²) in [6.45, 7) is 5.58. The van der Waals surface area contributed by atoms with Gasteiger partial charge in [0, 0.05) is 54.7 Å². The maximum Gasteiger partial charge on any atom is 0.259 e. The summed E-state index contributed by atoms with van der Waals surface area (Å²) in [7, 11) is 0. The standard InChI is InChI=1S/C24H24FN5O2/c1-13-9-30-12-17(8-20(25)23(30)26-13)28-24(31)18-5-6-21(19-7-14(2)32-22(18)19)29-10-15-3-4-16(11-29)27-15/h5-9,12,15-16,27H,3-4,10-11H2,1-2H3,(H,28,31). The van der Waals surface area contributed by atoms with Crippen LogP contribution in [0.2, 0.25) is 0 Å². The molecule has 164 valence electrons. The summed E-state index contributed by atoms with van der Waals surface area (Å²) < 4.78 is 22.0. The minimum Gasteiger partial charge on any atom is -0.460 e. The SMILES string of the molecule is Cc1cn2cc(NC(=O)c3ccc(N4CC5CCC(C4)N5)c4cc(C)oc34)cc(F)c2n1. The zero-order valence-corrected chi connectivity index (χ0v) is 18.0. The van der Waals surface area contributed by atoms with E-state index in [1.54, 1.807) is 29.8 Å². The summed E-state index contributed by atoms with van der Waals surface area (Å²) in [6.07, 6.45) is 5.78. The molecule has 8 heteroatoms. The number of pyridine rings is 1. The van der Waals surface area contributed by atoms with Crippen LogP contribution in [0.1, 0.15) is 34.7 Å². The summed E-state index contributed by atoms with van der Waals surface area (Å²) in [5.74, 6) is -0.0774. The summed E-state index contributed by atoms with van der Waals surface area (Å²) in [6, 6.07) is 8.10. The van der Waals surface area contributed by atoms with Crippen molar-refractivity contribution in [1.82, 2.24) is 14.7 Å². The number of amides is 1. The third kappa shape index (κ3) is 3.14. The first-order valence-electron chi connectivity index (χ1n) is 10.9. The van der Waals surface area contributed by atoms with E-state index in [1.165, 1.54) is 18.9 Å². The number of carbonyl (C=O) groups excluding carboxylic acids is 1. The van der Waals surface area contributed by atoms with Gasteiger partial charge in [0.05, 0.1) is 16.9 Å². The van der Waals surface area contributed by atoms with Gasteiger partial charge in [-0.25, -0.2) is 9.37 Å². The molecule has 6 rings (SSSR count). The molecule has 0 radical (unpaired) electrons. The van der Waals surface area contributed by atoms with E-state index in [0.717, 1.165) is 29.9 Å². The second-order valence-corrected chi connectivity index (χ2v) is 8.92. The third-order valence-corrected chi connectivity index (χ3v) is 6.47. The first kappa shape index (κ1) is 19.3. The Balaban J connectivity index is 1.35. The van der Waals surface area contributed by atoms with Crippen molar-refractivity contribution in [1.29, 1.82) is 0 Å². The van der Waals surface area contributed by atoms with Gasteiger partial charge in [0.15, 0.2) is 11.5 Å². The molecule has 2 saturated heterocycles. The van der Waals surface area contributed by atoms with Crippen molar-refractivity contribution >= 4 is 33.9 Å². The molecule has 5 heterocycles. The number of anilines is 2. The Morgan fingerprint density at radius 1 is 1.19 bits per heavy atom. The Hall–Kier alpha value is -3.39. The lowest BCUT2D eigenvalue weighted by Crippen LogP contribution is -2.51. The number of aromatic nitrogens is 2. The molecule has 2 atom stereocenters. The summed E-state index contributed by atoms with van der Waals surface area (Å²) in [4.78, 5) is 19.7. The van der Waals surface area contributed by atoms with Crippen molar-refractivity contribution in [2.45, 2.75) is 38.8 Å². The molecule has 2 fully saturated rings. The Morgan fingerprint density at radius 2 is 1.97 bits per heavy atom. The van der Waals surface area contributed by atoms with Crippen LogP contribution in [0.5, 0.6) is 0 Å². The summed E-state index contributed by atoms with van der Waals surface area (Å²) in [5, 5.41) is 7.40. The molecule has 32 heavy (non-hydrogen) atoms. The summed E-state index contributed by atoms with van der Waals surface area (Å²) >= 11 is 0. The smallest absolute Gasteiger partial charge is 0.259 e. The predicted octanol–water partition coefficient (Wildman–Crippen LogP) is 4.03. The normalized spacial score (nSPS) is 20.4. The lowest BCUT2D eigenvalue weighted by molar-refractivity contribution is 0.102. The van der Waals surface area contributed by atoms with Gasteiger partial charge >= 0.3 is 0 Å². The van der Waals surface area contributed by atoms with Crippen molar-refractivity contribution in [3.63, 3.8) is 0 Å². The fraction of sp³-hybridized carbons (Fsp3) is 0.333. The second kappa shape index (κ2) is 7.06. The van der Waals surface area contributed by atoms with Crippen LogP contribution in [-0.2, 0) is 0 Å². The van der Waals surface area contributed by atoms with Crippen LogP contribution in [0.3, 0.4) is 0 Å². The number of piperazine rings is 1. The molecule has 3 aromatic heterocycles. The number of hydrogen-bond donors (Lipinski definition) is 2. The molecular formula is C24H24FN5O2. The number of benzene rings is 1. The number of hydrogen-bond acceptors (Lipinski definition) is 5. The monoisotopic (exact) mass is 433 g/mol. The van der Waals surface area contributed by atoms with Gasteiger partial charge in [0.2, 0.25) is 0 Å². The molecule has 2 aliphatic rings. The molecule has 0 saturated carbocycles. The molecule has 2 bridgehead atoms. The van der Waals surface area contributed by atoms with Gasteiger partial charge in [-0.3, -0.25) is 4.79 Å². The average molecular weight is 433 g/mol. The van der Waals surface area contributed by atoms with Gasteiger partial charge in [-0.2, -0.15) is 0 Å². The Labute approximate surface area is 184 Å². The van der Waals surface area contributed by atoms with E-state index in [0.29, 0.717) is 34.6 Å². The fourth-order valence-electron chi connectivity index (χ4n) is 5.13. The van der Waals surface area contributed by atoms with Gasteiger partial charge in [-0.15, -0.1) is 0 Å². The van der Waals surface area contributed by atoms with Crippen molar-refractivity contribution in [2.75, 3.05) is 23.3 Å². The van der Waals surface area contributed by atoms with Gasteiger partial charge < -0.3 is 24.4 Å². The highest BCUT2D eigenvalue weighted by Crippen LogP contribution is 2.35. The van der Waals surface area contributed by atoms with Gasteiger partial charge in [0.25, 0.3) is 5.91 Å². The molecule has 4 aromatic rings. The maximum atomic E-state index is 14.4. The van der Waals surface area contributed by atoms with Gasteiger partial charge in [-0.1, -0.05) is 0 Å². The number of imidazole rings is 1. The quantitative estimate of drug-likeness (QED) is 0.510. The Kier molecular flexibility index (Phi) is 4.26. The largest absolute Gasteiger partial charge is 0.460 e. The zero-order valence-electron chi connectivity index (χ0n) is 18.0. The molecule has 2 N–H and O–H groups in total. The Morgan fingerprint density at radius 3 is 2.75 bits per heavy atom. The van der Waals surface area contributed by atoms with Crippen LogP contribution >= 0.6 is 0 Å². The molecule has 0 spiro atoms. The van der Waals surface area contributed by atoms with E-state index in [2.05, 4.69) is 20.5 Å². The number of nitrogens with zero attached hydrogens (tertiary/aromatic N) is 3. The van der Waals surface area contributed by atoms with Gasteiger partial charge in [-0.05, 0) is 44.9 Å². The number of aryl methyl sites for hydroxylation is 2. The van der Waals surface area contributed by atoms with Gasteiger partial charge in [0.1, 0.15) is 11.3 Å². The highest BCUT2D eigenvalue weighted by molar-refractivity contribution is 6.13. The number of carbonyl (C=O) groups is 1. The lowest BCUT2D eigenvalue weighted by Gasteiger charge is -2.35. The topological polar surface area (TPSA) is 74.8 Å². The van der Waals surface area contributed by atoms with E-state index < -0.39 is 5.82 Å². The van der Waals surface area contributed by atoms with Crippen LogP contribution in [-0.4, -0.2) is 40.5 Å². The molecule has 0 aliphatic carbocycles. The first-order chi connectivity index (χ1) is 15.4. The van der Waals surface area contributed by atoms with Crippen LogP contribution < -0.4 is 15.5 Å². The van der Waals surface area contributed by atoms with Crippen molar-refractivity contribution < 1.29 is 13.6 Å². The zero-order chi connectivity index (χ0) is 22.0. The molecule has 7 nitrogen and oxygen atoms in total. The maximum absolute atomic E-state index is 14.4. The predicted molar refractivity (Wildman–Crippen MR) is 121 cm³/mol. The molecule has 1 amide bonds. The van der Waals surface area contributed by atoms with Crippen molar-refractivity contribution in [3.8, 4) is 0 Å². The number of fused-ring (bicyclic) bond motifs is 4. The second-order valence-electron chi connectivity index (χ2n) is 8.92. The first-order valence-corrected chi connectivity index (χ1v) is 10.9. The van der Waals surface area contributed by atoms with Crippen LogP contribution in [0.25, 0.3) is 16.6 Å². The minimum atomic E-state index is -0.487. The highest BCUT2D eigenvalue weighted by Gasteiger charge is 2.33. The number of furan rings is 1. The van der Waals surface area contributed by atoms with E-state index in [4.69, 9.17) is 4.42 Å². The number of halogens is 1. The Bertz CT molecular complexity index is 1360. The van der Waals surface area contributed by atoms with Crippen molar-refractivity contribution in [2.24, 2.45) is 0 Å². The van der Waals surface area contributed by atoms with E-state index in [-0.39, 0.29) is 11.6 Å². The van der Waals surface area contributed by atoms with Crippen LogP contribution in [0.15, 0.2) is 41.1 Å². The average Bonchev–Trinajstić information content (AvgIpc) is 3.42. The fourth-order valence-corrected chi connectivity index (χ4v) is 5.13. The van der Waals surface area contributed by atoms with E-state index in [1.807, 2.05) is 19.1 Å². The molecule has 2 aliphatic heterocycles. The van der Waals surface area contributed by atoms with E-state index in [9.17, 15) is 9.18 Å². The van der Waals surface area contributed by atoms with E-state index >= 15 is 0 Å². The minimum absolute atomic E-state index is 0.235. The third-order valence-electron chi connectivity index (χ3n) is 6.47. The number of rotatable bonds is 3. The molecule has 1 aromatic carbocycles.